The number of hydrogen-bond donors (Lipinski definition) is 1. The van der Waals surface area contributed by atoms with Crippen LogP contribution in [0, 0.1) is 8.99 Å². The Kier molecular flexibility index (Phi) is 6.84. The van der Waals surface area contributed by atoms with Crippen LogP contribution in [0.25, 0.3) is 10.9 Å². The van der Waals surface area contributed by atoms with Gasteiger partial charge in [-0.2, -0.15) is 0 Å². The third kappa shape index (κ3) is 4.53. The molecule has 9 heteroatoms. The van der Waals surface area contributed by atoms with Gasteiger partial charge in [0.2, 0.25) is 0 Å². The predicted molar refractivity (Wildman–Crippen MR) is 151 cm³/mol. The van der Waals surface area contributed by atoms with Crippen LogP contribution in [-0.2, 0) is 16.4 Å². The molecule has 4 aromatic rings. The van der Waals surface area contributed by atoms with E-state index >= 15 is 0 Å². The lowest BCUT2D eigenvalue weighted by Crippen LogP contribution is -2.41. The average Bonchev–Trinajstić information content (AvgIpc) is 3.47. The first-order chi connectivity index (χ1) is 17.2. The molecule has 184 valence electrons. The largest absolute Gasteiger partial charge is 0.437 e. The van der Waals surface area contributed by atoms with Crippen LogP contribution < -0.4 is 0 Å². The Hall–Kier alpha value is -2.47. The van der Waals surface area contributed by atoms with Crippen molar-refractivity contribution >= 4 is 56.4 Å². The molecule has 1 fully saturated rings. The topological polar surface area (TPSA) is 79.6 Å². The highest BCUT2D eigenvalue weighted by Gasteiger charge is 2.46. The van der Waals surface area contributed by atoms with Gasteiger partial charge in [0.05, 0.1) is 15.8 Å². The Labute approximate surface area is 225 Å². The number of carbonyl (C=O) groups is 1. The quantitative estimate of drug-likeness (QED) is 0.186. The van der Waals surface area contributed by atoms with Crippen molar-refractivity contribution < 1.29 is 18.2 Å². The Morgan fingerprint density at radius 3 is 2.36 bits per heavy atom. The van der Waals surface area contributed by atoms with Crippen LogP contribution in [0.2, 0.25) is 6.82 Å². The monoisotopic (exact) mass is 612 g/mol. The second kappa shape index (κ2) is 9.77. The fourth-order valence-corrected chi connectivity index (χ4v) is 7.42. The van der Waals surface area contributed by atoms with E-state index in [1.807, 2.05) is 41.2 Å². The number of benzene rings is 3. The maximum absolute atomic E-state index is 14.1. The van der Waals surface area contributed by atoms with Gasteiger partial charge in [-0.1, -0.05) is 48.5 Å². The maximum atomic E-state index is 14.1. The summed E-state index contributed by atoms with van der Waals surface area (Å²) in [7, 11) is -4.40. The average molecular weight is 612 g/mol. The molecule has 0 aliphatic carbocycles. The molecule has 5 rings (SSSR count). The molecule has 1 aromatic heterocycles. The number of halogens is 1. The number of aromatic nitrogens is 1. The van der Waals surface area contributed by atoms with Crippen molar-refractivity contribution in [3.63, 3.8) is 0 Å². The van der Waals surface area contributed by atoms with Gasteiger partial charge < -0.3 is 9.83 Å². The fraction of sp³-hybridized carbons (Fsp3) is 0.222. The zero-order valence-electron chi connectivity index (χ0n) is 19.8. The van der Waals surface area contributed by atoms with Gasteiger partial charge in [0.1, 0.15) is 0 Å². The zero-order chi connectivity index (χ0) is 25.5. The van der Waals surface area contributed by atoms with E-state index in [2.05, 4.69) is 22.6 Å². The molecule has 0 radical (unpaired) electrons. The van der Waals surface area contributed by atoms with Gasteiger partial charge in [0.25, 0.3) is 10.0 Å². The first-order valence-corrected chi connectivity index (χ1v) is 14.4. The number of hydrogen-bond acceptors (Lipinski definition) is 5. The zero-order valence-corrected chi connectivity index (χ0v) is 22.8. The first kappa shape index (κ1) is 25.2. The summed E-state index contributed by atoms with van der Waals surface area (Å²) < 4.78 is 28.7. The highest BCUT2D eigenvalue weighted by Crippen LogP contribution is 2.39. The van der Waals surface area contributed by atoms with Crippen molar-refractivity contribution in [3.05, 3.63) is 99.8 Å². The number of nitrogens with zero attached hydrogens (tertiary/aromatic N) is 2. The third-order valence-electron chi connectivity index (χ3n) is 7.06. The smallest absolute Gasteiger partial charge is 0.376 e. The summed E-state index contributed by atoms with van der Waals surface area (Å²) in [5.41, 5.74) is 1.50. The molecule has 0 amide bonds. The third-order valence-corrected chi connectivity index (χ3v) is 9.61. The lowest BCUT2D eigenvalue weighted by molar-refractivity contribution is 0.0807. The fourth-order valence-electron chi connectivity index (χ4n) is 5.13. The maximum Gasteiger partial charge on any atom is 0.376 e. The van der Waals surface area contributed by atoms with Crippen molar-refractivity contribution in [2.24, 2.45) is 5.41 Å². The molecule has 2 heterocycles. The van der Waals surface area contributed by atoms with E-state index in [-0.39, 0.29) is 10.7 Å². The highest BCUT2D eigenvalue weighted by molar-refractivity contribution is 14.1. The molecule has 0 bridgehead atoms. The van der Waals surface area contributed by atoms with E-state index in [1.165, 1.54) is 3.97 Å². The summed E-state index contributed by atoms with van der Waals surface area (Å²) in [6.45, 7) is 2.84. The number of rotatable bonds is 7. The van der Waals surface area contributed by atoms with Gasteiger partial charge in [0, 0.05) is 27.3 Å². The molecular formula is C27H26BIN2O4S. The highest BCUT2D eigenvalue weighted by atomic mass is 127. The van der Waals surface area contributed by atoms with Gasteiger partial charge in [-0.3, -0.25) is 4.79 Å². The number of fused-ring (bicyclic) bond motifs is 1. The molecule has 1 N–H and O–H groups in total. The number of Topliss-reactive ketones (excluding diaryl/α,β-unsaturated/α-hetero) is 1. The molecular weight excluding hydrogens is 586 g/mol. The summed E-state index contributed by atoms with van der Waals surface area (Å²) in [6, 6.07) is 23.6. The first-order valence-electron chi connectivity index (χ1n) is 11.8. The molecule has 1 aliphatic heterocycles. The molecule has 6 nitrogen and oxygen atoms in total. The Morgan fingerprint density at radius 1 is 1.06 bits per heavy atom. The van der Waals surface area contributed by atoms with E-state index in [1.54, 1.807) is 55.5 Å². The predicted octanol–water partition coefficient (Wildman–Crippen LogP) is 4.71. The van der Waals surface area contributed by atoms with Crippen LogP contribution in [0.3, 0.4) is 0 Å². The van der Waals surface area contributed by atoms with Crippen molar-refractivity contribution in [1.29, 1.82) is 0 Å². The van der Waals surface area contributed by atoms with Crippen molar-refractivity contribution in [2.75, 3.05) is 13.1 Å². The molecule has 0 saturated carbocycles. The summed E-state index contributed by atoms with van der Waals surface area (Å²) in [5.74, 6) is 0.0193. The normalized spacial score (nSPS) is 18.5. The minimum Gasteiger partial charge on any atom is -0.437 e. The Balaban J connectivity index is 1.55. The summed E-state index contributed by atoms with van der Waals surface area (Å²) in [4.78, 5) is 16.2. The van der Waals surface area contributed by atoms with E-state index < -0.39 is 22.5 Å². The van der Waals surface area contributed by atoms with Crippen molar-refractivity contribution in [1.82, 2.24) is 8.78 Å². The SMILES string of the molecule is CB(O)N1CCC(Cc2ccccc2)(C(=O)c2ccc3c(c2)c(I)cn3S(=O)(=O)c2ccccc2)C1. The lowest BCUT2D eigenvalue weighted by Gasteiger charge is -2.29. The summed E-state index contributed by atoms with van der Waals surface area (Å²) >= 11 is 2.12. The van der Waals surface area contributed by atoms with E-state index in [0.29, 0.717) is 37.0 Å². The number of ketones is 1. The molecule has 3 aromatic carbocycles. The van der Waals surface area contributed by atoms with Crippen LogP contribution in [0.15, 0.2) is 90.0 Å². The van der Waals surface area contributed by atoms with Crippen LogP contribution in [-0.4, -0.2) is 48.1 Å². The van der Waals surface area contributed by atoms with Crippen LogP contribution in [0.1, 0.15) is 22.3 Å². The molecule has 1 saturated heterocycles. The van der Waals surface area contributed by atoms with Crippen LogP contribution >= 0.6 is 22.6 Å². The Bertz CT molecular complexity index is 1520. The molecule has 0 spiro atoms. The molecule has 1 aliphatic rings. The van der Waals surface area contributed by atoms with E-state index in [4.69, 9.17) is 0 Å². The molecule has 36 heavy (non-hydrogen) atoms. The van der Waals surface area contributed by atoms with Gasteiger partial charge in [-0.05, 0) is 84.7 Å². The molecule has 1 unspecified atom stereocenters. The summed E-state index contributed by atoms with van der Waals surface area (Å²) in [6.07, 6.45) is 2.82. The lowest BCUT2D eigenvalue weighted by atomic mass is 9.74. The van der Waals surface area contributed by atoms with Gasteiger partial charge in [0.15, 0.2) is 5.78 Å². The van der Waals surface area contributed by atoms with Gasteiger partial charge >= 0.3 is 7.05 Å². The minimum absolute atomic E-state index is 0.0193. The summed E-state index contributed by atoms with van der Waals surface area (Å²) in [5, 5.41) is 10.9. The van der Waals surface area contributed by atoms with E-state index in [0.717, 1.165) is 14.5 Å². The second-order valence-corrected chi connectivity index (χ2v) is 12.4. The standard InChI is InChI=1S/C27H26BIN2O4S/c1-28(33)30-15-14-27(19-30,17-20-8-4-2-5-9-20)26(32)21-12-13-25-23(16-21)24(29)18-31(25)36(34,35)22-10-6-3-7-11-22/h2-13,16,18,33H,14-15,17,19H2,1H3. The van der Waals surface area contributed by atoms with Crippen LogP contribution in [0.5, 0.6) is 0 Å². The number of carbonyl (C=O) groups excluding carboxylic acids is 1. The van der Waals surface area contributed by atoms with Crippen LogP contribution in [0.4, 0.5) is 0 Å². The van der Waals surface area contributed by atoms with Crippen molar-refractivity contribution in [3.8, 4) is 0 Å². The molecule has 1 atom stereocenters. The minimum atomic E-state index is -3.77. The van der Waals surface area contributed by atoms with Crippen molar-refractivity contribution in [2.45, 2.75) is 24.6 Å². The van der Waals surface area contributed by atoms with Gasteiger partial charge in [-0.25, -0.2) is 12.4 Å². The van der Waals surface area contributed by atoms with Gasteiger partial charge in [-0.15, -0.1) is 0 Å². The van der Waals surface area contributed by atoms with E-state index in [9.17, 15) is 18.2 Å². The second-order valence-electron chi connectivity index (χ2n) is 9.45. The Morgan fingerprint density at radius 2 is 1.72 bits per heavy atom.